The average Bonchev–Trinajstić information content (AvgIpc) is 3.25. The zero-order valence-corrected chi connectivity index (χ0v) is 17.3. The molecule has 1 N–H and O–H groups in total. The van der Waals surface area contributed by atoms with Gasteiger partial charge in [-0.15, -0.1) is 0 Å². The minimum absolute atomic E-state index is 0.119. The van der Waals surface area contributed by atoms with Gasteiger partial charge in [0.2, 0.25) is 0 Å². The number of rotatable bonds is 8. The molecule has 0 spiro atoms. The second kappa shape index (κ2) is 9.32. The van der Waals surface area contributed by atoms with E-state index in [0.717, 1.165) is 12.1 Å². The molecule has 3 aromatic rings. The first-order valence-corrected chi connectivity index (χ1v) is 9.65. The number of ether oxygens (including phenoxy) is 1. The van der Waals surface area contributed by atoms with Gasteiger partial charge in [-0.1, -0.05) is 34.8 Å². The minimum Gasteiger partial charge on any atom is -0.470 e. The van der Waals surface area contributed by atoms with Gasteiger partial charge in [-0.05, 0) is 37.6 Å². The van der Waals surface area contributed by atoms with E-state index in [0.29, 0.717) is 39.6 Å². The highest BCUT2D eigenvalue weighted by Gasteiger charge is 2.10. The lowest BCUT2D eigenvalue weighted by Crippen LogP contribution is -2.26. The first kappa shape index (κ1) is 20.5. The van der Waals surface area contributed by atoms with E-state index in [9.17, 15) is 4.79 Å². The maximum atomic E-state index is 12.2. The van der Waals surface area contributed by atoms with Crippen molar-refractivity contribution < 1.29 is 9.53 Å². The van der Waals surface area contributed by atoms with E-state index in [1.807, 2.05) is 6.92 Å². The number of hydrogen-bond donors (Lipinski definition) is 1. The van der Waals surface area contributed by atoms with E-state index in [1.165, 1.54) is 4.68 Å². The van der Waals surface area contributed by atoms with Gasteiger partial charge in [0.15, 0.2) is 6.73 Å². The van der Waals surface area contributed by atoms with Crippen molar-refractivity contribution in [1.82, 2.24) is 24.9 Å². The molecule has 0 aliphatic heterocycles. The molecule has 10 heteroatoms. The van der Waals surface area contributed by atoms with Crippen LogP contribution in [0, 0.1) is 6.92 Å². The predicted molar refractivity (Wildman–Crippen MR) is 108 cm³/mol. The van der Waals surface area contributed by atoms with Gasteiger partial charge in [-0.2, -0.15) is 10.2 Å². The van der Waals surface area contributed by atoms with E-state index in [1.54, 1.807) is 41.3 Å². The lowest BCUT2D eigenvalue weighted by molar-refractivity contribution is 0.0945. The molecule has 0 atom stereocenters. The summed E-state index contributed by atoms with van der Waals surface area (Å²) in [5, 5.41) is 12.9. The molecule has 3 rings (SSSR count). The van der Waals surface area contributed by atoms with Gasteiger partial charge in [0.05, 0.1) is 15.7 Å². The number of benzene rings is 1. The van der Waals surface area contributed by atoms with Crippen LogP contribution in [0.1, 0.15) is 22.6 Å². The lowest BCUT2D eigenvalue weighted by atomic mass is 10.3. The van der Waals surface area contributed by atoms with Crippen molar-refractivity contribution >= 4 is 40.7 Å². The Morgan fingerprint density at radius 3 is 2.68 bits per heavy atom. The highest BCUT2D eigenvalue weighted by molar-refractivity contribution is 6.35. The largest absolute Gasteiger partial charge is 0.470 e. The van der Waals surface area contributed by atoms with Crippen molar-refractivity contribution in [1.29, 1.82) is 0 Å². The average molecular weight is 443 g/mol. The zero-order valence-electron chi connectivity index (χ0n) is 15.0. The minimum atomic E-state index is -0.252. The maximum Gasteiger partial charge on any atom is 0.271 e. The second-order valence-corrected chi connectivity index (χ2v) is 7.27. The van der Waals surface area contributed by atoms with Crippen LogP contribution in [0.5, 0.6) is 5.75 Å². The molecule has 0 saturated heterocycles. The van der Waals surface area contributed by atoms with Crippen LogP contribution >= 0.6 is 34.8 Å². The van der Waals surface area contributed by atoms with Gasteiger partial charge < -0.3 is 10.1 Å². The summed E-state index contributed by atoms with van der Waals surface area (Å²) < 4.78 is 8.86. The Labute approximate surface area is 177 Å². The first-order chi connectivity index (χ1) is 13.4. The molecule has 0 fully saturated rings. The van der Waals surface area contributed by atoms with Gasteiger partial charge in [-0.25, -0.2) is 4.68 Å². The molecule has 0 radical (unpaired) electrons. The number of nitrogens with one attached hydrogen (secondary N) is 1. The van der Waals surface area contributed by atoms with Crippen molar-refractivity contribution in [2.45, 2.75) is 26.6 Å². The van der Waals surface area contributed by atoms with E-state index >= 15 is 0 Å². The molecule has 148 valence electrons. The van der Waals surface area contributed by atoms with Crippen molar-refractivity contribution in [2.24, 2.45) is 0 Å². The molecule has 7 nitrogen and oxygen atoms in total. The monoisotopic (exact) mass is 441 g/mol. The normalized spacial score (nSPS) is 10.9. The van der Waals surface area contributed by atoms with Crippen LogP contribution in [0.3, 0.4) is 0 Å². The van der Waals surface area contributed by atoms with Crippen LogP contribution in [-0.4, -0.2) is 32.0 Å². The summed E-state index contributed by atoms with van der Waals surface area (Å²) in [6.07, 6.45) is 4.16. The molecule has 28 heavy (non-hydrogen) atoms. The Morgan fingerprint density at radius 1 is 1.14 bits per heavy atom. The predicted octanol–water partition coefficient (Wildman–Crippen LogP) is 4.20. The SMILES string of the molecule is Cc1nn(CCCNC(=O)c2ccn(COc3ccc(Cl)cc3Cl)n2)cc1Cl. The van der Waals surface area contributed by atoms with Gasteiger partial charge in [0.25, 0.3) is 5.91 Å². The molecule has 0 aliphatic rings. The third-order valence-electron chi connectivity index (χ3n) is 3.86. The van der Waals surface area contributed by atoms with Crippen LogP contribution in [0.15, 0.2) is 36.7 Å². The van der Waals surface area contributed by atoms with Crippen LogP contribution < -0.4 is 10.1 Å². The van der Waals surface area contributed by atoms with Crippen LogP contribution in [0.4, 0.5) is 0 Å². The number of amides is 1. The fraction of sp³-hybridized carbons (Fsp3) is 0.278. The molecule has 2 heterocycles. The van der Waals surface area contributed by atoms with Gasteiger partial charge in [-0.3, -0.25) is 9.48 Å². The summed E-state index contributed by atoms with van der Waals surface area (Å²) in [5.41, 5.74) is 1.10. The fourth-order valence-corrected chi connectivity index (χ4v) is 3.04. The number of carbonyl (C=O) groups is 1. The molecule has 0 saturated carbocycles. The zero-order chi connectivity index (χ0) is 20.1. The van der Waals surface area contributed by atoms with Crippen molar-refractivity contribution in [3.05, 3.63) is 63.1 Å². The summed E-state index contributed by atoms with van der Waals surface area (Å²) in [7, 11) is 0. The summed E-state index contributed by atoms with van der Waals surface area (Å²) in [4.78, 5) is 12.2. The molecule has 0 bridgehead atoms. The van der Waals surface area contributed by atoms with Crippen LogP contribution in [-0.2, 0) is 13.3 Å². The van der Waals surface area contributed by atoms with E-state index in [4.69, 9.17) is 39.5 Å². The Balaban J connectivity index is 1.44. The standard InChI is InChI=1S/C18H18Cl3N5O2/c1-12-15(21)10-25(23-12)7-2-6-22-18(27)16-5-8-26(24-16)11-28-17-4-3-13(19)9-14(17)20/h3-5,8-10H,2,6-7,11H2,1H3,(H,22,27). The van der Waals surface area contributed by atoms with Crippen molar-refractivity contribution in [3.63, 3.8) is 0 Å². The molecular weight excluding hydrogens is 425 g/mol. The summed E-state index contributed by atoms with van der Waals surface area (Å²) in [6.45, 7) is 3.13. The van der Waals surface area contributed by atoms with Crippen LogP contribution in [0.25, 0.3) is 0 Å². The van der Waals surface area contributed by atoms with E-state index < -0.39 is 0 Å². The van der Waals surface area contributed by atoms with Crippen LogP contribution in [0.2, 0.25) is 15.1 Å². The first-order valence-electron chi connectivity index (χ1n) is 8.51. The highest BCUT2D eigenvalue weighted by atomic mass is 35.5. The summed E-state index contributed by atoms with van der Waals surface area (Å²) in [6, 6.07) is 6.58. The van der Waals surface area contributed by atoms with Gasteiger partial charge >= 0.3 is 0 Å². The third kappa shape index (κ3) is 5.41. The van der Waals surface area contributed by atoms with Crippen molar-refractivity contribution in [2.75, 3.05) is 6.54 Å². The van der Waals surface area contributed by atoms with Crippen molar-refractivity contribution in [3.8, 4) is 5.75 Å². The second-order valence-electron chi connectivity index (χ2n) is 6.02. The van der Waals surface area contributed by atoms with Gasteiger partial charge in [0, 0.05) is 30.5 Å². The number of nitrogens with zero attached hydrogens (tertiary/aromatic N) is 4. The molecular formula is C18H18Cl3N5O2. The van der Waals surface area contributed by atoms with E-state index in [-0.39, 0.29) is 12.6 Å². The maximum absolute atomic E-state index is 12.2. The Hall–Kier alpha value is -2.22. The number of carbonyl (C=O) groups excluding carboxylic acids is 1. The molecule has 1 aromatic carbocycles. The molecule has 0 unspecified atom stereocenters. The Morgan fingerprint density at radius 2 is 1.96 bits per heavy atom. The summed E-state index contributed by atoms with van der Waals surface area (Å²) >= 11 is 17.9. The number of aromatic nitrogens is 4. The Kier molecular flexibility index (Phi) is 6.83. The lowest BCUT2D eigenvalue weighted by Gasteiger charge is -2.08. The number of aryl methyl sites for hydroxylation is 2. The van der Waals surface area contributed by atoms with E-state index in [2.05, 4.69) is 15.5 Å². The molecule has 0 aliphatic carbocycles. The van der Waals surface area contributed by atoms with Gasteiger partial charge in [0.1, 0.15) is 11.4 Å². The third-order valence-corrected chi connectivity index (χ3v) is 4.76. The fourth-order valence-electron chi connectivity index (χ4n) is 2.42. The quantitative estimate of drug-likeness (QED) is 0.531. The number of halogens is 3. The molecule has 2 aromatic heterocycles. The topological polar surface area (TPSA) is 74.0 Å². The summed E-state index contributed by atoms with van der Waals surface area (Å²) in [5.74, 6) is 0.236. The Bertz CT molecular complexity index is 951. The number of hydrogen-bond acceptors (Lipinski definition) is 4. The molecule has 1 amide bonds. The smallest absolute Gasteiger partial charge is 0.271 e. The highest BCUT2D eigenvalue weighted by Crippen LogP contribution is 2.27.